The molecule has 1 aromatic carbocycles. The second-order valence-electron chi connectivity index (χ2n) is 6.29. The predicted molar refractivity (Wildman–Crippen MR) is 107 cm³/mol. The van der Waals surface area contributed by atoms with Gasteiger partial charge in [-0.2, -0.15) is 0 Å². The van der Waals surface area contributed by atoms with E-state index in [9.17, 15) is 8.42 Å². The van der Waals surface area contributed by atoms with E-state index in [2.05, 4.69) is 20.0 Å². The van der Waals surface area contributed by atoms with Crippen molar-refractivity contribution in [1.82, 2.24) is 14.9 Å². The van der Waals surface area contributed by atoms with Crippen LogP contribution < -0.4 is 10.0 Å². The fourth-order valence-corrected chi connectivity index (χ4v) is 4.02. The third kappa shape index (κ3) is 5.12. The van der Waals surface area contributed by atoms with E-state index in [-0.39, 0.29) is 23.1 Å². The number of nitrogens with one attached hydrogen (secondary N) is 2. The molecule has 27 heavy (non-hydrogen) atoms. The Bertz CT molecular complexity index is 881. The highest BCUT2D eigenvalue weighted by Crippen LogP contribution is 2.18. The van der Waals surface area contributed by atoms with E-state index in [0.29, 0.717) is 23.9 Å². The van der Waals surface area contributed by atoms with Gasteiger partial charge in [0.1, 0.15) is 0 Å². The standard InChI is InChI=1S/C17H21N5O3S2/c1-12-10-22(11-13(2)25-12)17(26)20-14-4-6-15(7-5-14)27(23,24)21-16-18-8-3-9-19-16/h3-9,12-13H,10-11H2,1-2H3,(H,20,26)(H,18,19,21). The van der Waals surface area contributed by atoms with Crippen molar-refractivity contribution in [2.45, 2.75) is 31.0 Å². The van der Waals surface area contributed by atoms with E-state index < -0.39 is 10.0 Å². The van der Waals surface area contributed by atoms with Crippen molar-refractivity contribution < 1.29 is 13.2 Å². The number of aromatic nitrogens is 2. The summed E-state index contributed by atoms with van der Waals surface area (Å²) >= 11 is 5.47. The molecule has 2 heterocycles. The highest BCUT2D eigenvalue weighted by Gasteiger charge is 2.24. The molecule has 1 fully saturated rings. The molecule has 0 radical (unpaired) electrons. The van der Waals surface area contributed by atoms with E-state index in [1.807, 2.05) is 18.7 Å². The van der Waals surface area contributed by atoms with Crippen LogP contribution in [0.15, 0.2) is 47.6 Å². The van der Waals surface area contributed by atoms with Crippen molar-refractivity contribution in [3.63, 3.8) is 0 Å². The minimum atomic E-state index is -3.76. The zero-order valence-corrected chi connectivity index (χ0v) is 16.6. The molecule has 0 spiro atoms. The summed E-state index contributed by atoms with van der Waals surface area (Å²) in [5.41, 5.74) is 0.710. The van der Waals surface area contributed by atoms with Gasteiger partial charge in [0, 0.05) is 31.2 Å². The van der Waals surface area contributed by atoms with Crippen LogP contribution in [-0.4, -0.2) is 53.7 Å². The number of hydrogen-bond donors (Lipinski definition) is 2. The van der Waals surface area contributed by atoms with Crippen LogP contribution in [0.2, 0.25) is 0 Å². The summed E-state index contributed by atoms with van der Waals surface area (Å²) in [4.78, 5) is 9.89. The van der Waals surface area contributed by atoms with Gasteiger partial charge in [0.05, 0.1) is 17.1 Å². The lowest BCUT2D eigenvalue weighted by atomic mass is 10.2. The molecule has 0 bridgehead atoms. The summed E-state index contributed by atoms with van der Waals surface area (Å²) in [5.74, 6) is 0.0245. The minimum absolute atomic E-state index is 0.0245. The highest BCUT2D eigenvalue weighted by atomic mass is 32.2. The van der Waals surface area contributed by atoms with Crippen LogP contribution in [0.3, 0.4) is 0 Å². The van der Waals surface area contributed by atoms with Gasteiger partial charge >= 0.3 is 0 Å². The summed E-state index contributed by atoms with van der Waals surface area (Å²) in [6.45, 7) is 5.44. The van der Waals surface area contributed by atoms with E-state index in [0.717, 1.165) is 0 Å². The minimum Gasteiger partial charge on any atom is -0.372 e. The maximum atomic E-state index is 12.4. The van der Waals surface area contributed by atoms with Gasteiger partial charge in [-0.05, 0) is 56.4 Å². The van der Waals surface area contributed by atoms with Gasteiger partial charge in [0.25, 0.3) is 10.0 Å². The number of hydrogen-bond acceptors (Lipinski definition) is 6. The van der Waals surface area contributed by atoms with Gasteiger partial charge in [-0.25, -0.2) is 23.1 Å². The second-order valence-corrected chi connectivity index (χ2v) is 8.36. The summed E-state index contributed by atoms with van der Waals surface area (Å²) in [6, 6.07) is 7.94. The van der Waals surface area contributed by atoms with Gasteiger partial charge in [-0.3, -0.25) is 0 Å². The van der Waals surface area contributed by atoms with Crippen LogP contribution in [0.5, 0.6) is 0 Å². The van der Waals surface area contributed by atoms with Crippen molar-refractivity contribution in [1.29, 1.82) is 0 Å². The fourth-order valence-electron chi connectivity index (χ4n) is 2.79. The van der Waals surface area contributed by atoms with Crippen LogP contribution in [0.25, 0.3) is 0 Å². The average molecular weight is 408 g/mol. The van der Waals surface area contributed by atoms with Gasteiger partial charge in [0.15, 0.2) is 5.11 Å². The number of morpholine rings is 1. The Balaban J connectivity index is 1.65. The normalized spacial score (nSPS) is 20.1. The van der Waals surface area contributed by atoms with Gasteiger partial charge in [0.2, 0.25) is 5.95 Å². The molecule has 2 unspecified atom stereocenters. The van der Waals surface area contributed by atoms with Crippen LogP contribution >= 0.6 is 12.2 Å². The molecule has 0 saturated carbocycles. The van der Waals surface area contributed by atoms with E-state index in [1.165, 1.54) is 24.5 Å². The topological polar surface area (TPSA) is 96.5 Å². The first-order valence-electron chi connectivity index (χ1n) is 8.45. The van der Waals surface area contributed by atoms with E-state index in [1.54, 1.807) is 18.2 Å². The molecular weight excluding hydrogens is 386 g/mol. The van der Waals surface area contributed by atoms with Gasteiger partial charge in [-0.15, -0.1) is 0 Å². The fraction of sp³-hybridized carbons (Fsp3) is 0.353. The van der Waals surface area contributed by atoms with Crippen LogP contribution in [0, 0.1) is 0 Å². The molecule has 1 saturated heterocycles. The maximum Gasteiger partial charge on any atom is 0.264 e. The quantitative estimate of drug-likeness (QED) is 0.744. The maximum absolute atomic E-state index is 12.4. The molecule has 1 aliphatic rings. The molecule has 0 amide bonds. The Hall–Kier alpha value is -2.30. The first-order chi connectivity index (χ1) is 12.8. The molecule has 144 valence electrons. The molecule has 3 rings (SSSR count). The molecule has 0 aliphatic carbocycles. The molecule has 8 nitrogen and oxygen atoms in total. The molecular formula is C17H21N5O3S2. The lowest BCUT2D eigenvalue weighted by Crippen LogP contribution is -2.49. The number of thiocarbonyl (C=S) groups is 1. The number of anilines is 2. The number of nitrogens with zero attached hydrogens (tertiary/aromatic N) is 3. The Labute approximate surface area is 164 Å². The van der Waals surface area contributed by atoms with Crippen LogP contribution in [0.1, 0.15) is 13.8 Å². The smallest absolute Gasteiger partial charge is 0.264 e. The summed E-state index contributed by atoms with van der Waals surface area (Å²) in [7, 11) is -3.76. The van der Waals surface area contributed by atoms with Crippen molar-refractivity contribution in [3.05, 3.63) is 42.7 Å². The van der Waals surface area contributed by atoms with Gasteiger partial charge < -0.3 is 15.0 Å². The molecule has 10 heteroatoms. The monoisotopic (exact) mass is 407 g/mol. The SMILES string of the molecule is CC1CN(C(=S)Nc2ccc(S(=O)(=O)Nc3ncccn3)cc2)CC(C)O1. The van der Waals surface area contributed by atoms with E-state index in [4.69, 9.17) is 17.0 Å². The number of benzene rings is 1. The van der Waals surface area contributed by atoms with Crippen molar-refractivity contribution in [3.8, 4) is 0 Å². The zero-order chi connectivity index (χ0) is 19.4. The first kappa shape index (κ1) is 19.5. The Kier molecular flexibility index (Phi) is 5.88. The van der Waals surface area contributed by atoms with Crippen molar-refractivity contribution >= 4 is 39.0 Å². The highest BCUT2D eigenvalue weighted by molar-refractivity contribution is 7.92. The summed E-state index contributed by atoms with van der Waals surface area (Å²) in [6.07, 6.45) is 3.14. The van der Waals surface area contributed by atoms with Crippen LogP contribution in [-0.2, 0) is 14.8 Å². The molecule has 2 aromatic rings. The second kappa shape index (κ2) is 8.15. The molecule has 1 aliphatic heterocycles. The summed E-state index contributed by atoms with van der Waals surface area (Å²) < 4.78 is 32.8. The van der Waals surface area contributed by atoms with Crippen LogP contribution in [0.4, 0.5) is 11.6 Å². The van der Waals surface area contributed by atoms with E-state index >= 15 is 0 Å². The van der Waals surface area contributed by atoms with Crippen molar-refractivity contribution in [2.24, 2.45) is 0 Å². The molecule has 2 atom stereocenters. The third-order valence-electron chi connectivity index (χ3n) is 3.91. The first-order valence-corrected chi connectivity index (χ1v) is 10.3. The van der Waals surface area contributed by atoms with Crippen molar-refractivity contribution in [2.75, 3.05) is 23.1 Å². The predicted octanol–water partition coefficient (Wildman–Crippen LogP) is 2.08. The lowest BCUT2D eigenvalue weighted by molar-refractivity contribution is -0.0473. The average Bonchev–Trinajstić information content (AvgIpc) is 2.62. The largest absolute Gasteiger partial charge is 0.372 e. The Morgan fingerprint density at radius 2 is 1.74 bits per heavy atom. The third-order valence-corrected chi connectivity index (χ3v) is 5.62. The number of sulfonamides is 1. The summed E-state index contributed by atoms with van der Waals surface area (Å²) in [5, 5.41) is 3.73. The number of rotatable bonds is 4. The Morgan fingerprint density at radius 1 is 1.15 bits per heavy atom. The zero-order valence-electron chi connectivity index (χ0n) is 15.0. The molecule has 1 aromatic heterocycles. The molecule has 2 N–H and O–H groups in total. The number of ether oxygens (including phenoxy) is 1. The van der Waals surface area contributed by atoms with Gasteiger partial charge in [-0.1, -0.05) is 0 Å². The lowest BCUT2D eigenvalue weighted by Gasteiger charge is -2.36. The Morgan fingerprint density at radius 3 is 2.33 bits per heavy atom.